The van der Waals surface area contributed by atoms with Gasteiger partial charge in [-0.05, 0) is 17.8 Å². The summed E-state index contributed by atoms with van der Waals surface area (Å²) in [6, 6.07) is 6.39. The molecule has 1 aliphatic rings. The molecule has 1 aromatic rings. The van der Waals surface area contributed by atoms with Gasteiger partial charge in [0.05, 0.1) is 0 Å². The topological polar surface area (TPSA) is 3.24 Å². The van der Waals surface area contributed by atoms with E-state index in [-0.39, 0.29) is 38.5 Å². The Morgan fingerprint density at radius 3 is 2.41 bits per heavy atom. The van der Waals surface area contributed by atoms with Crippen molar-refractivity contribution in [1.82, 2.24) is 4.90 Å². The van der Waals surface area contributed by atoms with E-state index in [2.05, 4.69) is 12.7 Å². The molecule has 1 aliphatic heterocycles. The van der Waals surface area contributed by atoms with Crippen molar-refractivity contribution < 1.29 is 37.1 Å². The zero-order valence-corrected chi connectivity index (χ0v) is 12.8. The third kappa shape index (κ3) is 2.94. The summed E-state index contributed by atoms with van der Waals surface area (Å²) in [5, 5.41) is 0. The van der Waals surface area contributed by atoms with Crippen molar-refractivity contribution in [2.24, 2.45) is 0 Å². The van der Waals surface area contributed by atoms with Crippen molar-refractivity contribution >= 4 is 5.70 Å². The monoisotopic (exact) mass is 303 g/mol. The molecule has 0 saturated heterocycles. The fourth-order valence-corrected chi connectivity index (χ4v) is 1.64. The molecule has 17 heavy (non-hydrogen) atoms. The molecule has 3 heteroatoms. The van der Waals surface area contributed by atoms with Crippen LogP contribution in [0.15, 0.2) is 48.2 Å². The van der Waals surface area contributed by atoms with Crippen LogP contribution in [0.4, 0.5) is 4.39 Å². The summed E-state index contributed by atoms with van der Waals surface area (Å²) < 4.78 is 12.8. The molecule has 0 atom stereocenters. The maximum absolute atomic E-state index is 12.8. The first-order valence-electron chi connectivity index (χ1n) is 5.09. The van der Waals surface area contributed by atoms with E-state index in [1.54, 1.807) is 12.1 Å². The maximum Gasteiger partial charge on any atom is 0.121 e. The van der Waals surface area contributed by atoms with E-state index in [4.69, 9.17) is 0 Å². The van der Waals surface area contributed by atoms with Gasteiger partial charge in [-0.15, -0.1) is 17.7 Å². The van der Waals surface area contributed by atoms with Gasteiger partial charge in [0, 0.05) is 39.8 Å². The number of hydrogen-bond donors (Lipinski definition) is 0. The van der Waals surface area contributed by atoms with E-state index in [1.165, 1.54) is 12.1 Å². The predicted molar refractivity (Wildman–Crippen MR) is 63.7 cm³/mol. The Morgan fingerprint density at radius 1 is 1.24 bits per heavy atom. The molecular weight excluding hydrogens is 290 g/mol. The third-order valence-corrected chi connectivity index (χ3v) is 2.74. The number of nitrogens with zero attached hydrogens (tertiary/aromatic N) is 1. The summed E-state index contributed by atoms with van der Waals surface area (Å²) >= 11 is 0. The minimum atomic E-state index is -0.228. The Labute approximate surface area is 127 Å². The van der Waals surface area contributed by atoms with Gasteiger partial charge < -0.3 is 4.90 Å². The van der Waals surface area contributed by atoms with E-state index < -0.39 is 0 Å². The van der Waals surface area contributed by atoms with Crippen LogP contribution in [0.5, 0.6) is 0 Å². The van der Waals surface area contributed by atoms with Gasteiger partial charge in [0.25, 0.3) is 0 Å². The molecule has 0 unspecified atom stereocenters. The zero-order chi connectivity index (χ0) is 11.7. The average molecular weight is 303 g/mol. The zero-order valence-electron chi connectivity index (χ0n) is 10.00. The Kier molecular flexibility index (Phi) is 4.84. The molecule has 0 bridgehead atoms. The van der Waals surface area contributed by atoms with Gasteiger partial charge in [-0.2, -0.15) is 12.2 Å². The molecule has 85 valence electrons. The van der Waals surface area contributed by atoms with E-state index in [0.717, 1.165) is 22.5 Å². The smallest absolute Gasteiger partial charge is 0.121 e. The van der Waals surface area contributed by atoms with Crippen molar-refractivity contribution in [3.05, 3.63) is 65.6 Å². The predicted octanol–water partition coefficient (Wildman–Crippen LogP) is 3.37. The largest absolute Gasteiger partial charge is 0.378 e. The van der Waals surface area contributed by atoms with Crippen LogP contribution in [0.2, 0.25) is 0 Å². The average Bonchev–Trinajstić information content (AvgIpc) is 2.28. The second kappa shape index (κ2) is 5.75. The summed E-state index contributed by atoms with van der Waals surface area (Å²) in [6.07, 6.45) is 5.09. The van der Waals surface area contributed by atoms with Gasteiger partial charge >= 0.3 is 0 Å². The third-order valence-electron chi connectivity index (χ3n) is 2.74. The number of allylic oxidation sites excluding steroid dienone is 3. The molecule has 0 N–H and O–H groups in total. The Balaban J connectivity index is 0.00000144. The Bertz CT molecular complexity index is 485. The molecule has 2 rings (SSSR count). The van der Waals surface area contributed by atoms with Gasteiger partial charge in [0.15, 0.2) is 0 Å². The van der Waals surface area contributed by atoms with Crippen LogP contribution in [-0.4, -0.2) is 11.9 Å². The molecule has 1 heterocycles. The van der Waals surface area contributed by atoms with Crippen LogP contribution >= 0.6 is 0 Å². The number of benzene rings is 1. The molecule has 0 fully saturated rings. The van der Waals surface area contributed by atoms with Gasteiger partial charge in [-0.3, -0.25) is 0 Å². The summed E-state index contributed by atoms with van der Waals surface area (Å²) in [5.41, 5.74) is 3.89. The van der Waals surface area contributed by atoms with Gasteiger partial charge in [-0.1, -0.05) is 24.8 Å². The van der Waals surface area contributed by atoms with Crippen molar-refractivity contribution in [2.75, 3.05) is 7.05 Å². The molecule has 1 radical (unpaired) electrons. The fourth-order valence-electron chi connectivity index (χ4n) is 1.64. The molecular formula is C14H13FNY-. The van der Waals surface area contributed by atoms with Crippen LogP contribution in [-0.2, 0) is 32.7 Å². The quantitative estimate of drug-likeness (QED) is 0.719. The van der Waals surface area contributed by atoms with Gasteiger partial charge in [0.2, 0.25) is 0 Å². The molecule has 0 saturated carbocycles. The molecule has 0 aliphatic carbocycles. The molecule has 1 aromatic carbocycles. The van der Waals surface area contributed by atoms with Crippen LogP contribution in [0.25, 0.3) is 5.70 Å². The first-order valence-corrected chi connectivity index (χ1v) is 5.09. The summed E-state index contributed by atoms with van der Waals surface area (Å²) in [5.74, 6) is -0.228. The van der Waals surface area contributed by atoms with E-state index in [1.807, 2.05) is 24.9 Å². The summed E-state index contributed by atoms with van der Waals surface area (Å²) in [4.78, 5) is 1.96. The number of hydrogen-bond acceptors (Lipinski definition) is 1. The van der Waals surface area contributed by atoms with Gasteiger partial charge in [0.1, 0.15) is 5.82 Å². The van der Waals surface area contributed by atoms with Crippen LogP contribution in [0.3, 0.4) is 0 Å². The van der Waals surface area contributed by atoms with Crippen LogP contribution in [0.1, 0.15) is 12.5 Å². The second-order valence-electron chi connectivity index (χ2n) is 3.83. The van der Waals surface area contributed by atoms with Crippen molar-refractivity contribution in [3.8, 4) is 0 Å². The Hall–Kier alpha value is -0.726. The van der Waals surface area contributed by atoms with Crippen molar-refractivity contribution in [3.63, 3.8) is 0 Å². The Morgan fingerprint density at radius 2 is 1.82 bits per heavy atom. The SMILES string of the molecule is C=C1C(C)=C[C-]=C(c2ccc(F)cc2)N1C.[Y]. The molecule has 1 nitrogen and oxygen atoms in total. The van der Waals surface area contributed by atoms with Crippen LogP contribution < -0.4 is 0 Å². The second-order valence-corrected chi connectivity index (χ2v) is 3.83. The van der Waals surface area contributed by atoms with E-state index in [0.29, 0.717) is 0 Å². The number of halogens is 1. The standard InChI is InChI=1S/C14H13FN.Y/c1-10-4-9-14(16(3)11(10)2)12-5-7-13(15)8-6-12;/h4-8H,2H2,1,3H3;/q-1;. The maximum atomic E-state index is 12.8. The molecule has 0 aromatic heterocycles. The molecule has 0 amide bonds. The first kappa shape index (κ1) is 14.3. The molecule has 0 spiro atoms. The van der Waals surface area contributed by atoms with E-state index in [9.17, 15) is 4.39 Å². The van der Waals surface area contributed by atoms with E-state index >= 15 is 0 Å². The minimum Gasteiger partial charge on any atom is -0.378 e. The normalized spacial score (nSPS) is 15.0. The summed E-state index contributed by atoms with van der Waals surface area (Å²) in [6.45, 7) is 5.99. The van der Waals surface area contributed by atoms with Gasteiger partial charge in [-0.25, -0.2) is 4.39 Å². The minimum absolute atomic E-state index is 0. The van der Waals surface area contributed by atoms with Crippen LogP contribution in [0, 0.1) is 11.9 Å². The fraction of sp³-hybridized carbons (Fsp3) is 0.143. The summed E-state index contributed by atoms with van der Waals surface area (Å²) in [7, 11) is 1.94. The number of likely N-dealkylation sites (N-methyl/N-ethyl adjacent to an activating group) is 1. The van der Waals surface area contributed by atoms with Crippen molar-refractivity contribution in [1.29, 1.82) is 0 Å². The number of rotatable bonds is 1. The van der Waals surface area contributed by atoms with Crippen molar-refractivity contribution in [2.45, 2.75) is 6.92 Å². The first-order chi connectivity index (χ1) is 7.59.